The van der Waals surface area contributed by atoms with Crippen LogP contribution >= 0.6 is 43.5 Å². The van der Waals surface area contributed by atoms with Crippen molar-refractivity contribution in [3.05, 3.63) is 66.0 Å². The lowest BCUT2D eigenvalue weighted by Gasteiger charge is -2.12. The normalized spacial score (nSPS) is 11.5. The minimum Gasteiger partial charge on any atom is -0.479 e. The molecular weight excluding hydrogens is 590 g/mol. The first-order valence-electron chi connectivity index (χ1n) is 10.8. The number of rotatable bonds is 9. The fourth-order valence-corrected chi connectivity index (χ4v) is 4.50. The van der Waals surface area contributed by atoms with Gasteiger partial charge in [0, 0.05) is 10.9 Å². The number of unbranched alkanes of at least 4 members (excludes halogenated alkanes) is 1. The second-order valence-electron chi connectivity index (χ2n) is 7.80. The number of carbonyl (C=O) groups is 1. The van der Waals surface area contributed by atoms with Gasteiger partial charge in [-0.3, -0.25) is 4.79 Å². The molecule has 1 aromatic heterocycles. The molecule has 0 saturated carbocycles. The molecule has 0 fully saturated rings. The Balaban J connectivity index is 1.92. The Labute approximate surface area is 219 Å². The molecule has 0 atom stereocenters. The minimum absolute atomic E-state index is 0.232. The fourth-order valence-electron chi connectivity index (χ4n) is 3.15. The third kappa shape index (κ3) is 6.67. The number of fused-ring (bicyclic) bond motifs is 1. The molecule has 2 aromatic carbocycles. The molecule has 0 spiro atoms. The van der Waals surface area contributed by atoms with E-state index in [1.54, 1.807) is 32.0 Å². The molecule has 3 rings (SSSR count). The van der Waals surface area contributed by atoms with Gasteiger partial charge in [-0.15, -0.1) is 0 Å². The standard InChI is InChI=1S/C24H24Br2ClN3O4/c1-4-5-6-21-29-20-8-7-16(25)11-17(20)24(32)30(21)28-12-15-9-18(26)23(19(27)10-15)33-13-22(31)34-14(2)3/h7-12,14H,4-6,13H2,1-3H3. The summed E-state index contributed by atoms with van der Waals surface area (Å²) in [7, 11) is 0. The van der Waals surface area contributed by atoms with Crippen molar-refractivity contribution < 1.29 is 14.3 Å². The van der Waals surface area contributed by atoms with Gasteiger partial charge in [-0.1, -0.05) is 40.9 Å². The number of ether oxygens (including phenoxy) is 2. The molecule has 0 saturated heterocycles. The summed E-state index contributed by atoms with van der Waals surface area (Å²) in [5.41, 5.74) is 1.02. The molecular formula is C24H24Br2ClN3O4. The number of hydrogen-bond acceptors (Lipinski definition) is 6. The van der Waals surface area contributed by atoms with E-state index in [9.17, 15) is 9.59 Å². The number of nitrogens with zero attached hydrogens (tertiary/aromatic N) is 3. The van der Waals surface area contributed by atoms with Gasteiger partial charge in [0.05, 0.1) is 32.7 Å². The maximum atomic E-state index is 13.2. The average molecular weight is 614 g/mol. The molecule has 0 aliphatic carbocycles. The Kier molecular flexibility index (Phi) is 9.27. The minimum atomic E-state index is -0.488. The summed E-state index contributed by atoms with van der Waals surface area (Å²) in [6.07, 6.45) is 3.78. The van der Waals surface area contributed by atoms with Crippen LogP contribution < -0.4 is 10.3 Å². The molecule has 0 amide bonds. The largest absolute Gasteiger partial charge is 0.479 e. The third-order valence-corrected chi connectivity index (χ3v) is 6.04. The lowest BCUT2D eigenvalue weighted by atomic mass is 10.2. The molecule has 1 heterocycles. The average Bonchev–Trinajstić information content (AvgIpc) is 2.76. The van der Waals surface area contributed by atoms with Crippen LogP contribution in [-0.4, -0.2) is 34.6 Å². The van der Waals surface area contributed by atoms with Gasteiger partial charge in [-0.2, -0.15) is 9.78 Å². The maximum absolute atomic E-state index is 13.2. The van der Waals surface area contributed by atoms with Gasteiger partial charge >= 0.3 is 5.97 Å². The lowest BCUT2D eigenvalue weighted by Crippen LogP contribution is -2.22. The Hall–Kier alpha value is -2.23. The van der Waals surface area contributed by atoms with Crippen LogP contribution in [0.5, 0.6) is 5.75 Å². The lowest BCUT2D eigenvalue weighted by molar-refractivity contribution is -0.149. The molecule has 0 aliphatic heterocycles. The SMILES string of the molecule is CCCCc1nc2ccc(Br)cc2c(=O)n1N=Cc1cc(Cl)c(OCC(=O)OC(C)C)c(Br)c1. The summed E-state index contributed by atoms with van der Waals surface area (Å²) in [6.45, 7) is 5.34. The highest BCUT2D eigenvalue weighted by Crippen LogP contribution is 2.34. The zero-order valence-corrected chi connectivity index (χ0v) is 22.9. The highest BCUT2D eigenvalue weighted by Gasteiger charge is 2.14. The van der Waals surface area contributed by atoms with Crippen LogP contribution in [0, 0.1) is 0 Å². The summed E-state index contributed by atoms with van der Waals surface area (Å²) >= 11 is 13.2. The van der Waals surface area contributed by atoms with E-state index < -0.39 is 5.97 Å². The molecule has 0 bridgehead atoms. The Morgan fingerprint density at radius 1 is 1.26 bits per heavy atom. The number of carbonyl (C=O) groups excluding carboxylic acids is 1. The zero-order chi connectivity index (χ0) is 24.8. The van der Waals surface area contributed by atoms with Gasteiger partial charge in [-0.25, -0.2) is 9.78 Å². The van der Waals surface area contributed by atoms with E-state index in [1.165, 1.54) is 10.9 Å². The summed E-state index contributed by atoms with van der Waals surface area (Å²) in [4.78, 5) is 29.6. The molecule has 180 valence electrons. The summed E-state index contributed by atoms with van der Waals surface area (Å²) < 4.78 is 13.3. The van der Waals surface area contributed by atoms with Crippen molar-refractivity contribution in [1.82, 2.24) is 9.66 Å². The van der Waals surface area contributed by atoms with Crippen molar-refractivity contribution in [3.8, 4) is 5.75 Å². The van der Waals surface area contributed by atoms with E-state index in [-0.39, 0.29) is 23.3 Å². The molecule has 10 heteroatoms. The highest BCUT2D eigenvalue weighted by atomic mass is 79.9. The molecule has 0 N–H and O–H groups in total. The first-order chi connectivity index (χ1) is 16.2. The van der Waals surface area contributed by atoms with E-state index in [0.717, 1.165) is 17.3 Å². The third-order valence-electron chi connectivity index (χ3n) is 4.67. The van der Waals surface area contributed by atoms with Crippen LogP contribution in [0.25, 0.3) is 10.9 Å². The zero-order valence-electron chi connectivity index (χ0n) is 19.0. The van der Waals surface area contributed by atoms with E-state index >= 15 is 0 Å². The number of benzene rings is 2. The van der Waals surface area contributed by atoms with Gasteiger partial charge < -0.3 is 9.47 Å². The van der Waals surface area contributed by atoms with Crippen LogP contribution in [0.2, 0.25) is 5.02 Å². The summed E-state index contributed by atoms with van der Waals surface area (Å²) in [5.74, 6) is 0.419. The highest BCUT2D eigenvalue weighted by molar-refractivity contribution is 9.10. The maximum Gasteiger partial charge on any atom is 0.344 e. The van der Waals surface area contributed by atoms with Gasteiger partial charge in [0.25, 0.3) is 5.56 Å². The Bertz CT molecular complexity index is 1270. The number of aryl methyl sites for hydroxylation is 1. The van der Waals surface area contributed by atoms with E-state index in [2.05, 4.69) is 48.9 Å². The summed E-state index contributed by atoms with van der Waals surface area (Å²) in [6, 6.07) is 8.79. The van der Waals surface area contributed by atoms with E-state index in [0.29, 0.717) is 38.9 Å². The van der Waals surface area contributed by atoms with Gasteiger partial charge in [0.15, 0.2) is 12.4 Å². The Morgan fingerprint density at radius 3 is 2.71 bits per heavy atom. The monoisotopic (exact) mass is 611 g/mol. The second kappa shape index (κ2) is 12.0. The number of hydrogen-bond donors (Lipinski definition) is 0. The van der Waals surface area contributed by atoms with E-state index in [1.807, 2.05) is 12.1 Å². The molecule has 0 radical (unpaired) electrons. The van der Waals surface area contributed by atoms with Crippen LogP contribution in [0.15, 0.2) is 49.2 Å². The fraction of sp³-hybridized carbons (Fsp3) is 0.333. The molecule has 0 unspecified atom stereocenters. The molecule has 7 nitrogen and oxygen atoms in total. The Morgan fingerprint density at radius 2 is 2.03 bits per heavy atom. The second-order valence-corrected chi connectivity index (χ2v) is 9.97. The quantitative estimate of drug-likeness (QED) is 0.214. The van der Waals surface area contributed by atoms with Crippen LogP contribution in [0.3, 0.4) is 0 Å². The van der Waals surface area contributed by atoms with E-state index in [4.69, 9.17) is 21.1 Å². The van der Waals surface area contributed by atoms with Gasteiger partial charge in [0.1, 0.15) is 5.82 Å². The molecule has 3 aromatic rings. The predicted octanol–water partition coefficient (Wildman–Crippen LogP) is 6.13. The topological polar surface area (TPSA) is 82.8 Å². The number of halogens is 3. The number of esters is 1. The summed E-state index contributed by atoms with van der Waals surface area (Å²) in [5, 5.41) is 5.19. The first kappa shape index (κ1) is 26.4. The van der Waals surface area contributed by atoms with Crippen molar-refractivity contribution in [1.29, 1.82) is 0 Å². The van der Waals surface area contributed by atoms with Crippen LogP contribution in [-0.2, 0) is 16.0 Å². The predicted molar refractivity (Wildman–Crippen MR) is 141 cm³/mol. The van der Waals surface area contributed by atoms with Crippen LogP contribution in [0.4, 0.5) is 0 Å². The van der Waals surface area contributed by atoms with Crippen molar-refractivity contribution in [2.75, 3.05) is 6.61 Å². The van der Waals surface area contributed by atoms with Gasteiger partial charge in [-0.05, 0) is 72.1 Å². The number of aromatic nitrogens is 2. The van der Waals surface area contributed by atoms with Crippen molar-refractivity contribution in [2.24, 2.45) is 5.10 Å². The van der Waals surface area contributed by atoms with Crippen molar-refractivity contribution in [2.45, 2.75) is 46.1 Å². The first-order valence-corrected chi connectivity index (χ1v) is 12.7. The smallest absolute Gasteiger partial charge is 0.344 e. The van der Waals surface area contributed by atoms with Crippen molar-refractivity contribution in [3.63, 3.8) is 0 Å². The van der Waals surface area contributed by atoms with Crippen molar-refractivity contribution >= 4 is 66.5 Å². The molecule has 0 aliphatic rings. The van der Waals surface area contributed by atoms with Crippen LogP contribution in [0.1, 0.15) is 45.0 Å². The van der Waals surface area contributed by atoms with Gasteiger partial charge in [0.2, 0.25) is 0 Å². The molecule has 34 heavy (non-hydrogen) atoms.